The molecule has 1 unspecified atom stereocenters. The zero-order chi connectivity index (χ0) is 22.6. The number of ether oxygens (including phenoxy) is 2. The Hall–Kier alpha value is -1.95. The van der Waals surface area contributed by atoms with Gasteiger partial charge in [-0.15, -0.1) is 11.3 Å². The number of carbonyl (C=O) groups is 2. The summed E-state index contributed by atoms with van der Waals surface area (Å²) in [6.45, 7) is 0.513. The number of sulfonamides is 1. The molecule has 1 amide bonds. The predicted molar refractivity (Wildman–Crippen MR) is 120 cm³/mol. The Bertz CT molecular complexity index is 1050. The molecule has 1 aliphatic heterocycles. The molecule has 1 N–H and O–H groups in total. The molecule has 2 aromatic rings. The highest BCUT2D eigenvalue weighted by Gasteiger charge is 2.40. The quantitative estimate of drug-likeness (QED) is 0.551. The van der Waals surface area contributed by atoms with Crippen LogP contribution in [0, 0.1) is 0 Å². The number of nitrogens with one attached hydrogen (secondary N) is 1. The van der Waals surface area contributed by atoms with Crippen molar-refractivity contribution in [3.63, 3.8) is 0 Å². The van der Waals surface area contributed by atoms with Crippen LogP contribution in [0.1, 0.15) is 35.2 Å². The van der Waals surface area contributed by atoms with Crippen LogP contribution in [0.5, 0.6) is 5.75 Å². The lowest BCUT2D eigenvalue weighted by atomic mass is 10.1. The van der Waals surface area contributed by atoms with E-state index in [-0.39, 0.29) is 28.0 Å². The van der Waals surface area contributed by atoms with Crippen LogP contribution < -0.4 is 10.1 Å². The topological polar surface area (TPSA) is 102 Å². The monoisotopic (exact) mass is 530 g/mol. The number of hydrogen-bond acceptors (Lipinski definition) is 7. The minimum atomic E-state index is -4.18. The van der Waals surface area contributed by atoms with Crippen LogP contribution >= 0.6 is 27.3 Å². The Morgan fingerprint density at radius 1 is 1.26 bits per heavy atom. The summed E-state index contributed by atoms with van der Waals surface area (Å²) in [6.07, 6.45) is 1.90. The molecule has 0 saturated carbocycles. The first kappa shape index (κ1) is 23.7. The molecule has 0 spiro atoms. The van der Waals surface area contributed by atoms with Gasteiger partial charge >= 0.3 is 5.97 Å². The van der Waals surface area contributed by atoms with E-state index in [2.05, 4.69) is 21.2 Å². The number of thiophene rings is 1. The normalized spacial score (nSPS) is 17.2. The van der Waals surface area contributed by atoms with Gasteiger partial charge in [0.15, 0.2) is 9.96 Å². The van der Waals surface area contributed by atoms with E-state index >= 15 is 0 Å². The van der Waals surface area contributed by atoms with E-state index in [1.54, 1.807) is 12.1 Å². The molecular weight excluding hydrogens is 508 g/mol. The third-order valence-electron chi connectivity index (χ3n) is 4.97. The van der Waals surface area contributed by atoms with Gasteiger partial charge in [0.05, 0.1) is 14.2 Å². The van der Waals surface area contributed by atoms with Crippen molar-refractivity contribution in [3.8, 4) is 5.75 Å². The molecule has 0 radical (unpaired) electrons. The Morgan fingerprint density at radius 3 is 2.61 bits per heavy atom. The molecule has 1 saturated heterocycles. The van der Waals surface area contributed by atoms with E-state index in [0.717, 1.165) is 27.8 Å². The maximum Gasteiger partial charge on any atom is 0.342 e. The summed E-state index contributed by atoms with van der Waals surface area (Å²) in [5.74, 6) is -1.10. The van der Waals surface area contributed by atoms with Gasteiger partial charge in [0.1, 0.15) is 11.6 Å². The molecule has 1 aromatic carbocycles. The van der Waals surface area contributed by atoms with Crippen LogP contribution in [-0.4, -0.2) is 51.4 Å². The molecule has 1 aliphatic rings. The average molecular weight is 531 g/mol. The number of carbonyl (C=O) groups excluding carboxylic acids is 2. The second-order valence-corrected chi connectivity index (χ2v) is 10.8. The molecule has 1 atom stereocenters. The first-order valence-corrected chi connectivity index (χ1v) is 12.7. The van der Waals surface area contributed by atoms with Gasteiger partial charge in [-0.05, 0) is 37.0 Å². The first-order valence-electron chi connectivity index (χ1n) is 9.57. The van der Waals surface area contributed by atoms with Crippen molar-refractivity contribution in [1.29, 1.82) is 0 Å². The van der Waals surface area contributed by atoms with Gasteiger partial charge in [-0.1, -0.05) is 28.1 Å². The summed E-state index contributed by atoms with van der Waals surface area (Å²) in [5.41, 5.74) is 0.759. The molecule has 31 heavy (non-hydrogen) atoms. The predicted octanol–water partition coefficient (Wildman–Crippen LogP) is 3.17. The van der Waals surface area contributed by atoms with E-state index in [4.69, 9.17) is 9.47 Å². The second-order valence-electron chi connectivity index (χ2n) is 6.94. The molecule has 1 aromatic heterocycles. The van der Waals surface area contributed by atoms with Gasteiger partial charge in [-0.25, -0.2) is 13.2 Å². The van der Waals surface area contributed by atoms with Crippen molar-refractivity contribution in [1.82, 2.24) is 9.62 Å². The Morgan fingerprint density at radius 2 is 1.97 bits per heavy atom. The number of halogens is 1. The van der Waals surface area contributed by atoms with Crippen molar-refractivity contribution in [2.75, 3.05) is 20.8 Å². The summed E-state index contributed by atoms with van der Waals surface area (Å²) in [6, 6.07) is 6.35. The SMILES string of the molecule is COC(=O)c1csc(S(=O)(=O)N(Cc2ccc(Br)cc2)C2CCCCNC2=O)c1OC. The van der Waals surface area contributed by atoms with Crippen molar-refractivity contribution in [2.24, 2.45) is 0 Å². The summed E-state index contributed by atoms with van der Waals surface area (Å²) < 4.78 is 39.5. The third kappa shape index (κ3) is 5.11. The van der Waals surface area contributed by atoms with Crippen LogP contribution in [0.4, 0.5) is 0 Å². The number of nitrogens with zero attached hydrogens (tertiary/aromatic N) is 1. The van der Waals surface area contributed by atoms with Crippen molar-refractivity contribution >= 4 is 49.2 Å². The van der Waals surface area contributed by atoms with Gasteiger partial charge in [-0.3, -0.25) is 4.79 Å². The van der Waals surface area contributed by atoms with E-state index in [1.165, 1.54) is 23.9 Å². The lowest BCUT2D eigenvalue weighted by molar-refractivity contribution is -0.124. The molecule has 0 bridgehead atoms. The van der Waals surface area contributed by atoms with Crippen LogP contribution in [-0.2, 0) is 26.1 Å². The Balaban J connectivity index is 2.09. The molecule has 8 nitrogen and oxygen atoms in total. The summed E-state index contributed by atoms with van der Waals surface area (Å²) in [7, 11) is -1.67. The molecule has 1 fully saturated rings. The zero-order valence-electron chi connectivity index (χ0n) is 17.1. The fourth-order valence-corrected chi connectivity index (χ4v) is 6.79. The Labute approximate surface area is 193 Å². The number of benzene rings is 1. The fourth-order valence-electron chi connectivity index (χ4n) is 3.39. The van der Waals surface area contributed by atoms with Crippen molar-refractivity contribution in [2.45, 2.75) is 36.1 Å². The molecule has 3 rings (SSSR count). The highest BCUT2D eigenvalue weighted by molar-refractivity contribution is 9.10. The van der Waals surface area contributed by atoms with E-state index < -0.39 is 22.0 Å². The molecule has 11 heteroatoms. The highest BCUT2D eigenvalue weighted by atomic mass is 79.9. The van der Waals surface area contributed by atoms with Crippen LogP contribution in [0.15, 0.2) is 38.3 Å². The van der Waals surface area contributed by atoms with Gasteiger partial charge in [-0.2, -0.15) is 4.31 Å². The number of rotatable bonds is 7. The first-order chi connectivity index (χ1) is 14.8. The Kier molecular flexibility index (Phi) is 7.73. The average Bonchev–Trinajstić information content (AvgIpc) is 3.09. The molecule has 168 valence electrons. The summed E-state index contributed by atoms with van der Waals surface area (Å²) >= 11 is 4.24. The van der Waals surface area contributed by atoms with Gasteiger partial charge < -0.3 is 14.8 Å². The molecule has 2 heterocycles. The lowest BCUT2D eigenvalue weighted by Crippen LogP contribution is -2.48. The minimum absolute atomic E-state index is 0.00229. The zero-order valence-corrected chi connectivity index (χ0v) is 20.3. The van der Waals surface area contributed by atoms with Crippen molar-refractivity contribution in [3.05, 3.63) is 45.2 Å². The van der Waals surface area contributed by atoms with E-state index in [1.807, 2.05) is 12.1 Å². The largest absolute Gasteiger partial charge is 0.494 e. The third-order valence-corrected chi connectivity index (χ3v) is 8.83. The molecular formula is C20H23BrN2O6S2. The van der Waals surface area contributed by atoms with Gasteiger partial charge in [0.2, 0.25) is 5.91 Å². The maximum absolute atomic E-state index is 13.8. The fraction of sp³-hybridized carbons (Fsp3) is 0.400. The lowest BCUT2D eigenvalue weighted by Gasteiger charge is -2.29. The van der Waals surface area contributed by atoms with Crippen LogP contribution in [0.25, 0.3) is 0 Å². The number of esters is 1. The van der Waals surface area contributed by atoms with Gasteiger partial charge in [0.25, 0.3) is 10.0 Å². The van der Waals surface area contributed by atoms with Crippen molar-refractivity contribution < 1.29 is 27.5 Å². The van der Waals surface area contributed by atoms with Crippen LogP contribution in [0.2, 0.25) is 0 Å². The van der Waals surface area contributed by atoms with Gasteiger partial charge in [0, 0.05) is 22.9 Å². The number of hydrogen-bond donors (Lipinski definition) is 1. The smallest absolute Gasteiger partial charge is 0.342 e. The summed E-state index contributed by atoms with van der Waals surface area (Å²) in [5, 5.41) is 4.19. The number of amides is 1. The standard InChI is InChI=1S/C20H23BrN2O6S2/c1-28-17-15(19(25)29-2)12-30-20(17)31(26,27)23(11-13-6-8-14(21)9-7-13)16-5-3-4-10-22-18(16)24/h6-9,12,16H,3-5,10-11H2,1-2H3,(H,22,24). The van der Waals surface area contributed by atoms with Crippen LogP contribution in [0.3, 0.4) is 0 Å². The minimum Gasteiger partial charge on any atom is -0.494 e. The molecule has 0 aliphatic carbocycles. The van der Waals surface area contributed by atoms with E-state index in [9.17, 15) is 18.0 Å². The highest BCUT2D eigenvalue weighted by Crippen LogP contribution is 2.38. The maximum atomic E-state index is 13.8. The number of methoxy groups -OCH3 is 2. The second kappa shape index (κ2) is 10.1. The summed E-state index contributed by atoms with van der Waals surface area (Å²) in [4.78, 5) is 24.8. The van der Waals surface area contributed by atoms with E-state index in [0.29, 0.717) is 19.4 Å².